The number of carbonyl (C=O) groups is 1. The van der Waals surface area contributed by atoms with Crippen LogP contribution in [0.25, 0.3) is 20.8 Å². The number of nitrogens with zero attached hydrogens (tertiary/aromatic N) is 1. The van der Waals surface area contributed by atoms with Crippen molar-refractivity contribution in [1.29, 1.82) is 0 Å². The molecule has 144 valence electrons. The van der Waals surface area contributed by atoms with Crippen molar-refractivity contribution in [2.75, 3.05) is 13.2 Å². The molecule has 2 aliphatic rings. The average molecular weight is 394 g/mol. The van der Waals surface area contributed by atoms with Gasteiger partial charge in [0.2, 0.25) is 5.91 Å². The van der Waals surface area contributed by atoms with E-state index in [-0.39, 0.29) is 18.1 Å². The molecule has 2 aromatic carbocycles. The van der Waals surface area contributed by atoms with E-state index in [9.17, 15) is 4.79 Å². The fraction of sp³-hybridized carbons (Fsp3) is 0.364. The number of nitrogens with one attached hydrogen (secondary N) is 1. The predicted octanol–water partition coefficient (Wildman–Crippen LogP) is 3.87. The maximum Gasteiger partial charge on any atom is 0.249 e. The zero-order valence-electron chi connectivity index (χ0n) is 15.7. The number of amides is 1. The first-order chi connectivity index (χ1) is 13.7. The molecular weight excluding hydrogens is 372 g/mol. The monoisotopic (exact) mass is 394 g/mol. The van der Waals surface area contributed by atoms with Gasteiger partial charge in [-0.05, 0) is 49.1 Å². The fourth-order valence-corrected chi connectivity index (χ4v) is 4.94. The van der Waals surface area contributed by atoms with E-state index in [2.05, 4.69) is 30.4 Å². The molecule has 0 radical (unpaired) electrons. The van der Waals surface area contributed by atoms with Gasteiger partial charge in [-0.15, -0.1) is 11.3 Å². The summed E-state index contributed by atoms with van der Waals surface area (Å²) in [5.74, 6) is 0.876. The molecule has 5 nitrogen and oxygen atoms in total. The number of aromatic nitrogens is 1. The van der Waals surface area contributed by atoms with Gasteiger partial charge in [-0.3, -0.25) is 4.79 Å². The number of fused-ring (bicyclic) bond motifs is 2. The van der Waals surface area contributed by atoms with Gasteiger partial charge in [0.25, 0.3) is 0 Å². The number of rotatable bonds is 4. The molecule has 28 heavy (non-hydrogen) atoms. The Labute approximate surface area is 167 Å². The minimum Gasteiger partial charge on any atom is -0.487 e. The summed E-state index contributed by atoms with van der Waals surface area (Å²) < 4.78 is 12.9. The summed E-state index contributed by atoms with van der Waals surface area (Å²) in [6, 6.07) is 12.5. The number of aryl methyl sites for hydroxylation is 1. The maximum absolute atomic E-state index is 12.2. The number of para-hydroxylation sites is 1. The molecule has 1 fully saturated rings. The quantitative estimate of drug-likeness (QED) is 0.730. The standard InChI is InChI=1S/C22H22N2O3S/c1-13-9-14-11-15(12-23-21(25)18-6-4-8-26-18)27-20(14)16(10-13)22-24-17-5-2-3-7-19(17)28-22/h2-3,5,7,9-10,15,18H,4,6,8,11-12H2,1H3,(H,23,25)/t15-,18+/m1/s1. The van der Waals surface area contributed by atoms with Crippen LogP contribution in [-0.2, 0) is 16.0 Å². The van der Waals surface area contributed by atoms with Crippen molar-refractivity contribution < 1.29 is 14.3 Å². The number of hydrogen-bond donors (Lipinski definition) is 1. The molecule has 0 aliphatic carbocycles. The third-order valence-electron chi connectivity index (χ3n) is 5.29. The van der Waals surface area contributed by atoms with Gasteiger partial charge in [0.1, 0.15) is 23.0 Å². The van der Waals surface area contributed by atoms with Crippen molar-refractivity contribution in [2.45, 2.75) is 38.4 Å². The van der Waals surface area contributed by atoms with Crippen LogP contribution in [-0.4, -0.2) is 36.3 Å². The maximum atomic E-state index is 12.2. The first-order valence-electron chi connectivity index (χ1n) is 9.73. The average Bonchev–Trinajstić information content (AvgIpc) is 3.43. The van der Waals surface area contributed by atoms with Gasteiger partial charge in [-0.2, -0.15) is 0 Å². The van der Waals surface area contributed by atoms with E-state index in [4.69, 9.17) is 14.5 Å². The van der Waals surface area contributed by atoms with Crippen molar-refractivity contribution >= 4 is 27.5 Å². The third-order valence-corrected chi connectivity index (χ3v) is 6.36. The van der Waals surface area contributed by atoms with Crippen LogP contribution in [0.2, 0.25) is 0 Å². The molecule has 1 saturated heterocycles. The lowest BCUT2D eigenvalue weighted by Gasteiger charge is -2.15. The summed E-state index contributed by atoms with van der Waals surface area (Å²) in [5, 5.41) is 3.97. The van der Waals surface area contributed by atoms with Crippen molar-refractivity contribution in [3.05, 3.63) is 47.5 Å². The summed E-state index contributed by atoms with van der Waals surface area (Å²) in [7, 11) is 0. The Morgan fingerprint density at radius 3 is 3.04 bits per heavy atom. The number of carbonyl (C=O) groups excluding carboxylic acids is 1. The SMILES string of the molecule is Cc1cc2c(c(-c3nc4ccccc4s3)c1)O[C@@H](CNC(=O)[C@@H]1CCCO1)C2. The molecule has 3 aromatic rings. The van der Waals surface area contributed by atoms with Crippen LogP contribution in [0.1, 0.15) is 24.0 Å². The van der Waals surface area contributed by atoms with Crippen molar-refractivity contribution in [3.63, 3.8) is 0 Å². The molecule has 0 saturated carbocycles. The van der Waals surface area contributed by atoms with Gasteiger partial charge < -0.3 is 14.8 Å². The molecule has 0 bridgehead atoms. The molecular formula is C22H22N2O3S. The van der Waals surface area contributed by atoms with E-state index in [0.29, 0.717) is 13.2 Å². The summed E-state index contributed by atoms with van der Waals surface area (Å²) in [4.78, 5) is 17.0. The fourth-order valence-electron chi connectivity index (χ4n) is 3.97. The van der Waals surface area contributed by atoms with E-state index < -0.39 is 0 Å². The molecule has 5 rings (SSSR count). The molecule has 2 atom stereocenters. The first kappa shape index (κ1) is 17.6. The van der Waals surface area contributed by atoms with Crippen LogP contribution in [0.4, 0.5) is 0 Å². The molecule has 1 aromatic heterocycles. The van der Waals surface area contributed by atoms with Gasteiger partial charge in [-0.1, -0.05) is 18.2 Å². The van der Waals surface area contributed by atoms with E-state index in [1.54, 1.807) is 11.3 Å². The van der Waals surface area contributed by atoms with Crippen molar-refractivity contribution in [1.82, 2.24) is 10.3 Å². The minimum atomic E-state index is -0.302. The smallest absolute Gasteiger partial charge is 0.249 e. The van der Waals surface area contributed by atoms with Crippen LogP contribution in [0.15, 0.2) is 36.4 Å². The second-order valence-electron chi connectivity index (χ2n) is 7.48. The Morgan fingerprint density at radius 2 is 2.21 bits per heavy atom. The molecule has 2 aliphatic heterocycles. The topological polar surface area (TPSA) is 60.5 Å². The summed E-state index contributed by atoms with van der Waals surface area (Å²) >= 11 is 1.68. The second kappa shape index (κ2) is 7.18. The predicted molar refractivity (Wildman–Crippen MR) is 110 cm³/mol. The largest absolute Gasteiger partial charge is 0.487 e. The molecule has 6 heteroatoms. The summed E-state index contributed by atoms with van der Waals surface area (Å²) in [6.45, 7) is 3.27. The van der Waals surface area contributed by atoms with Crippen LogP contribution in [0, 0.1) is 6.92 Å². The lowest BCUT2D eigenvalue weighted by molar-refractivity contribution is -0.130. The highest BCUT2D eigenvalue weighted by Crippen LogP contribution is 2.42. The number of benzene rings is 2. The van der Waals surface area contributed by atoms with E-state index in [0.717, 1.165) is 41.1 Å². The second-order valence-corrected chi connectivity index (χ2v) is 8.51. The number of thiazole rings is 1. The van der Waals surface area contributed by atoms with Crippen molar-refractivity contribution in [2.24, 2.45) is 0 Å². The van der Waals surface area contributed by atoms with Crippen LogP contribution in [0.5, 0.6) is 5.75 Å². The van der Waals surface area contributed by atoms with Gasteiger partial charge in [0.05, 0.1) is 22.3 Å². The zero-order chi connectivity index (χ0) is 19.1. The molecule has 1 amide bonds. The Morgan fingerprint density at radius 1 is 1.32 bits per heavy atom. The van der Waals surface area contributed by atoms with Gasteiger partial charge in [-0.25, -0.2) is 4.98 Å². The van der Waals surface area contributed by atoms with E-state index in [1.165, 1.54) is 15.8 Å². The van der Waals surface area contributed by atoms with Crippen LogP contribution < -0.4 is 10.1 Å². The van der Waals surface area contributed by atoms with E-state index >= 15 is 0 Å². The lowest BCUT2D eigenvalue weighted by atomic mass is 10.0. The Kier molecular flexibility index (Phi) is 4.53. The lowest BCUT2D eigenvalue weighted by Crippen LogP contribution is -2.40. The molecule has 3 heterocycles. The van der Waals surface area contributed by atoms with E-state index in [1.807, 2.05) is 18.2 Å². The Hall–Kier alpha value is -2.44. The highest BCUT2D eigenvalue weighted by atomic mass is 32.1. The number of ether oxygens (including phenoxy) is 2. The van der Waals surface area contributed by atoms with Gasteiger partial charge in [0.15, 0.2) is 0 Å². The highest BCUT2D eigenvalue weighted by Gasteiger charge is 2.29. The first-order valence-corrected chi connectivity index (χ1v) is 10.5. The summed E-state index contributed by atoms with van der Waals surface area (Å²) in [6.07, 6.45) is 2.19. The van der Waals surface area contributed by atoms with Crippen LogP contribution >= 0.6 is 11.3 Å². The number of hydrogen-bond acceptors (Lipinski definition) is 5. The summed E-state index contributed by atoms with van der Waals surface area (Å²) in [5.41, 5.74) is 4.44. The zero-order valence-corrected chi connectivity index (χ0v) is 16.6. The highest BCUT2D eigenvalue weighted by molar-refractivity contribution is 7.21. The van der Waals surface area contributed by atoms with Gasteiger partial charge in [0, 0.05) is 13.0 Å². The van der Waals surface area contributed by atoms with Crippen molar-refractivity contribution in [3.8, 4) is 16.3 Å². The third kappa shape index (κ3) is 3.27. The minimum absolute atomic E-state index is 0.0281. The van der Waals surface area contributed by atoms with Crippen LogP contribution in [0.3, 0.4) is 0 Å². The molecule has 0 unspecified atom stereocenters. The Bertz CT molecular complexity index is 1010. The van der Waals surface area contributed by atoms with Gasteiger partial charge >= 0.3 is 0 Å². The molecule has 0 spiro atoms. The normalized spacial score (nSPS) is 20.9. The molecule has 1 N–H and O–H groups in total. The Balaban J connectivity index is 1.36.